The van der Waals surface area contributed by atoms with E-state index in [1.165, 1.54) is 5.56 Å². The molecule has 6 nitrogen and oxygen atoms in total. The first-order valence-corrected chi connectivity index (χ1v) is 9.77. The van der Waals surface area contributed by atoms with Gasteiger partial charge in [-0.1, -0.05) is 23.7 Å². The van der Waals surface area contributed by atoms with Crippen LogP contribution in [0.4, 0.5) is 0 Å². The van der Waals surface area contributed by atoms with Crippen molar-refractivity contribution >= 4 is 17.6 Å². The van der Waals surface area contributed by atoms with Gasteiger partial charge in [0.05, 0.1) is 25.4 Å². The molecule has 0 spiro atoms. The highest BCUT2D eigenvalue weighted by Crippen LogP contribution is 2.24. The Morgan fingerprint density at radius 2 is 2.15 bits per heavy atom. The van der Waals surface area contributed by atoms with Gasteiger partial charge in [-0.15, -0.1) is 0 Å². The maximum absolute atomic E-state index is 6.23. The summed E-state index contributed by atoms with van der Waals surface area (Å²) in [6.45, 7) is 5.78. The number of rotatable bonds is 6. The summed E-state index contributed by atoms with van der Waals surface area (Å²) in [6.07, 6.45) is 2.55. The zero-order valence-corrected chi connectivity index (χ0v) is 16.2. The molecule has 0 amide bonds. The van der Waals surface area contributed by atoms with Crippen LogP contribution in [0.25, 0.3) is 0 Å². The fraction of sp³-hybridized carbons (Fsp3) is 0.632. The minimum atomic E-state index is 0.221. The van der Waals surface area contributed by atoms with Crippen LogP contribution in [-0.2, 0) is 9.47 Å². The molecule has 2 N–H and O–H groups in total. The lowest BCUT2D eigenvalue weighted by atomic mass is 10.0. The zero-order chi connectivity index (χ0) is 18.2. The molecule has 0 radical (unpaired) electrons. The van der Waals surface area contributed by atoms with E-state index in [4.69, 9.17) is 21.1 Å². The number of guanidine groups is 1. The lowest BCUT2D eigenvalue weighted by Gasteiger charge is -2.35. The quantitative estimate of drug-likeness (QED) is 0.584. The van der Waals surface area contributed by atoms with Gasteiger partial charge in [0.1, 0.15) is 0 Å². The Morgan fingerprint density at radius 3 is 2.85 bits per heavy atom. The third-order valence-corrected chi connectivity index (χ3v) is 5.16. The summed E-state index contributed by atoms with van der Waals surface area (Å²) in [5.41, 5.74) is 1.21. The van der Waals surface area contributed by atoms with Gasteiger partial charge in [0, 0.05) is 44.9 Å². The van der Waals surface area contributed by atoms with Crippen molar-refractivity contribution in [3.05, 3.63) is 34.9 Å². The second kappa shape index (κ2) is 10.1. The van der Waals surface area contributed by atoms with E-state index in [1.54, 1.807) is 7.05 Å². The highest BCUT2D eigenvalue weighted by Gasteiger charge is 2.23. The van der Waals surface area contributed by atoms with Crippen LogP contribution >= 0.6 is 11.6 Å². The third-order valence-electron chi connectivity index (χ3n) is 4.93. The van der Waals surface area contributed by atoms with Crippen LogP contribution in [0.1, 0.15) is 24.4 Å². The van der Waals surface area contributed by atoms with Gasteiger partial charge in [-0.2, -0.15) is 0 Å². The summed E-state index contributed by atoms with van der Waals surface area (Å²) in [6, 6.07) is 8.33. The van der Waals surface area contributed by atoms with Gasteiger partial charge < -0.3 is 20.1 Å². The molecule has 2 heterocycles. The van der Waals surface area contributed by atoms with E-state index >= 15 is 0 Å². The van der Waals surface area contributed by atoms with Gasteiger partial charge >= 0.3 is 0 Å². The minimum absolute atomic E-state index is 0.221. The topological polar surface area (TPSA) is 58.1 Å². The Hall–Kier alpha value is -1.34. The number of halogens is 1. The zero-order valence-electron chi connectivity index (χ0n) is 15.4. The van der Waals surface area contributed by atoms with Crippen LogP contribution in [0.3, 0.4) is 0 Å². The van der Waals surface area contributed by atoms with Crippen LogP contribution in [0.2, 0.25) is 5.02 Å². The number of hydrogen-bond acceptors (Lipinski definition) is 4. The summed E-state index contributed by atoms with van der Waals surface area (Å²) in [5, 5.41) is 7.61. The van der Waals surface area contributed by atoms with Crippen molar-refractivity contribution in [2.24, 2.45) is 4.99 Å². The van der Waals surface area contributed by atoms with Crippen molar-refractivity contribution < 1.29 is 9.47 Å². The van der Waals surface area contributed by atoms with E-state index in [0.29, 0.717) is 0 Å². The van der Waals surface area contributed by atoms with E-state index in [0.717, 1.165) is 69.8 Å². The lowest BCUT2D eigenvalue weighted by molar-refractivity contribution is 0.0170. The van der Waals surface area contributed by atoms with Crippen molar-refractivity contribution in [1.29, 1.82) is 0 Å². The molecular formula is C19H29ClN4O2. The molecule has 0 aliphatic carbocycles. The van der Waals surface area contributed by atoms with E-state index in [2.05, 4.69) is 26.6 Å². The minimum Gasteiger partial charge on any atom is -0.379 e. The first-order chi connectivity index (χ1) is 12.8. The molecule has 0 aromatic heterocycles. The van der Waals surface area contributed by atoms with Crippen LogP contribution in [0, 0.1) is 0 Å². The smallest absolute Gasteiger partial charge is 0.191 e. The average molecular weight is 381 g/mol. The Labute approximate surface area is 160 Å². The molecule has 144 valence electrons. The summed E-state index contributed by atoms with van der Waals surface area (Å²) in [7, 11) is 1.80. The molecule has 2 aliphatic rings. The predicted octanol–water partition coefficient (Wildman–Crippen LogP) is 2.06. The fourth-order valence-corrected chi connectivity index (χ4v) is 3.69. The van der Waals surface area contributed by atoms with Gasteiger partial charge in [-0.25, -0.2) is 0 Å². The first-order valence-electron chi connectivity index (χ1n) is 9.39. The first kappa shape index (κ1) is 19.4. The molecule has 26 heavy (non-hydrogen) atoms. The second-order valence-corrected chi connectivity index (χ2v) is 7.12. The van der Waals surface area contributed by atoms with Crippen molar-refractivity contribution in [2.75, 3.05) is 53.0 Å². The molecule has 0 saturated carbocycles. The van der Waals surface area contributed by atoms with Gasteiger partial charge in [-0.3, -0.25) is 9.89 Å². The largest absolute Gasteiger partial charge is 0.379 e. The van der Waals surface area contributed by atoms with Crippen LogP contribution in [0.15, 0.2) is 29.3 Å². The third kappa shape index (κ3) is 5.58. The molecule has 2 saturated heterocycles. The predicted molar refractivity (Wildman–Crippen MR) is 105 cm³/mol. The van der Waals surface area contributed by atoms with Crippen molar-refractivity contribution in [1.82, 2.24) is 15.5 Å². The molecule has 1 aromatic rings. The van der Waals surface area contributed by atoms with E-state index < -0.39 is 0 Å². The molecular weight excluding hydrogens is 352 g/mol. The molecule has 1 aromatic carbocycles. The molecule has 0 bridgehead atoms. The fourth-order valence-electron chi connectivity index (χ4n) is 3.49. The van der Waals surface area contributed by atoms with Crippen LogP contribution in [-0.4, -0.2) is 70.0 Å². The normalized spacial score (nSPS) is 23.0. The molecule has 2 unspecified atom stereocenters. The average Bonchev–Trinajstić information content (AvgIpc) is 3.19. The Bertz CT molecular complexity index is 587. The highest BCUT2D eigenvalue weighted by atomic mass is 35.5. The molecule has 2 fully saturated rings. The summed E-state index contributed by atoms with van der Waals surface area (Å²) < 4.78 is 11.2. The summed E-state index contributed by atoms with van der Waals surface area (Å²) in [4.78, 5) is 6.79. The number of nitrogens with zero attached hydrogens (tertiary/aromatic N) is 2. The van der Waals surface area contributed by atoms with Crippen LogP contribution in [0.5, 0.6) is 0 Å². The van der Waals surface area contributed by atoms with Gasteiger partial charge in [-0.05, 0) is 30.5 Å². The Kier molecular flexibility index (Phi) is 7.55. The summed E-state index contributed by atoms with van der Waals surface area (Å²) >= 11 is 6.23. The van der Waals surface area contributed by atoms with Gasteiger partial charge in [0.25, 0.3) is 0 Å². The maximum Gasteiger partial charge on any atom is 0.191 e. The molecule has 2 atom stereocenters. The number of morpholine rings is 1. The van der Waals surface area contributed by atoms with Crippen molar-refractivity contribution in [3.63, 3.8) is 0 Å². The van der Waals surface area contributed by atoms with E-state index in [9.17, 15) is 0 Å². The van der Waals surface area contributed by atoms with E-state index in [-0.39, 0.29) is 12.1 Å². The van der Waals surface area contributed by atoms with Crippen molar-refractivity contribution in [2.45, 2.75) is 25.0 Å². The van der Waals surface area contributed by atoms with Gasteiger partial charge in [0.15, 0.2) is 5.96 Å². The van der Waals surface area contributed by atoms with Crippen LogP contribution < -0.4 is 10.6 Å². The number of aliphatic imine (C=N–C) groups is 1. The summed E-state index contributed by atoms with van der Waals surface area (Å²) in [5.74, 6) is 0.806. The second-order valence-electron chi connectivity index (χ2n) is 6.69. The number of nitrogens with one attached hydrogen (secondary N) is 2. The lowest BCUT2D eigenvalue weighted by Crippen LogP contribution is -2.47. The van der Waals surface area contributed by atoms with E-state index in [1.807, 2.05) is 18.2 Å². The number of benzene rings is 1. The maximum atomic E-state index is 6.23. The molecule has 2 aliphatic heterocycles. The standard InChI is InChI=1S/C19H29ClN4O2/c1-21-19(22-13-17-6-3-9-26-17)23-14-18(24-7-10-25-11-8-24)15-4-2-5-16(20)12-15/h2,4-5,12,17-18H,3,6-11,13-14H2,1H3,(H2,21,22,23). The Morgan fingerprint density at radius 1 is 1.31 bits per heavy atom. The number of ether oxygens (including phenoxy) is 2. The monoisotopic (exact) mass is 380 g/mol. The number of hydrogen-bond donors (Lipinski definition) is 2. The molecule has 3 rings (SSSR count). The Balaban J connectivity index is 1.60. The molecule has 7 heteroatoms. The van der Waals surface area contributed by atoms with Gasteiger partial charge in [0.2, 0.25) is 0 Å². The highest BCUT2D eigenvalue weighted by molar-refractivity contribution is 6.30. The SMILES string of the molecule is CN=C(NCC1CCCO1)NCC(c1cccc(Cl)c1)N1CCOCC1. The van der Waals surface area contributed by atoms with Crippen molar-refractivity contribution in [3.8, 4) is 0 Å².